The molecule has 4 heteroatoms. The highest BCUT2D eigenvalue weighted by Crippen LogP contribution is 2.10. The molecule has 1 rings (SSSR count). The van der Waals surface area contributed by atoms with E-state index in [0.717, 1.165) is 32.1 Å². The highest BCUT2D eigenvalue weighted by molar-refractivity contribution is 5.89. The molecule has 0 radical (unpaired) electrons. The summed E-state index contributed by atoms with van der Waals surface area (Å²) in [6.07, 6.45) is 5.19. The minimum absolute atomic E-state index is 0.269. The van der Waals surface area contributed by atoms with Crippen LogP contribution in [0.5, 0.6) is 0 Å². The Hall–Kier alpha value is -1.84. The van der Waals surface area contributed by atoms with Crippen molar-refractivity contribution in [3.8, 4) is 0 Å². The van der Waals surface area contributed by atoms with Gasteiger partial charge in [0.2, 0.25) is 0 Å². The molecule has 0 aliphatic rings. The standard InChI is InChI=1S/C16H22O4/c1-2-20-16(18)15-10-8-14(9-11-15)7-5-3-4-6-12-19-13-17/h8-11,13H,2-7,12H2,1H3. The van der Waals surface area contributed by atoms with E-state index in [9.17, 15) is 9.59 Å². The predicted octanol–water partition coefficient (Wildman–Crippen LogP) is 3.14. The first-order valence-electron chi connectivity index (χ1n) is 7.09. The molecule has 0 fully saturated rings. The summed E-state index contributed by atoms with van der Waals surface area (Å²) in [6, 6.07) is 7.57. The quantitative estimate of drug-likeness (QED) is 0.375. The third-order valence-electron chi connectivity index (χ3n) is 3.01. The average Bonchev–Trinajstić information content (AvgIpc) is 2.47. The van der Waals surface area contributed by atoms with Crippen LogP contribution in [0.15, 0.2) is 24.3 Å². The van der Waals surface area contributed by atoms with Crippen LogP contribution in [0.2, 0.25) is 0 Å². The zero-order valence-corrected chi connectivity index (χ0v) is 12.0. The van der Waals surface area contributed by atoms with Crippen molar-refractivity contribution in [2.24, 2.45) is 0 Å². The molecule has 0 aliphatic heterocycles. The van der Waals surface area contributed by atoms with Gasteiger partial charge >= 0.3 is 5.97 Å². The fourth-order valence-electron chi connectivity index (χ4n) is 1.94. The largest absolute Gasteiger partial charge is 0.468 e. The second kappa shape index (κ2) is 10.0. The third kappa shape index (κ3) is 6.36. The lowest BCUT2D eigenvalue weighted by Gasteiger charge is -2.04. The Morgan fingerprint density at radius 2 is 1.80 bits per heavy atom. The summed E-state index contributed by atoms with van der Waals surface area (Å²) in [5.74, 6) is -0.269. The second-order valence-corrected chi connectivity index (χ2v) is 4.55. The lowest BCUT2D eigenvalue weighted by molar-refractivity contribution is -0.128. The van der Waals surface area contributed by atoms with Crippen LogP contribution in [0.25, 0.3) is 0 Å². The lowest BCUT2D eigenvalue weighted by Crippen LogP contribution is -2.04. The van der Waals surface area contributed by atoms with Gasteiger partial charge < -0.3 is 9.47 Å². The van der Waals surface area contributed by atoms with E-state index in [0.29, 0.717) is 25.2 Å². The molecule has 0 heterocycles. The van der Waals surface area contributed by atoms with E-state index >= 15 is 0 Å². The summed E-state index contributed by atoms with van der Waals surface area (Å²) < 4.78 is 9.57. The zero-order chi connectivity index (χ0) is 14.6. The minimum Gasteiger partial charge on any atom is -0.468 e. The van der Waals surface area contributed by atoms with Crippen LogP contribution < -0.4 is 0 Å². The van der Waals surface area contributed by atoms with Gasteiger partial charge in [0.15, 0.2) is 0 Å². The van der Waals surface area contributed by atoms with Gasteiger partial charge in [-0.1, -0.05) is 25.0 Å². The maximum atomic E-state index is 11.5. The molecule has 110 valence electrons. The van der Waals surface area contributed by atoms with Gasteiger partial charge in [-0.2, -0.15) is 0 Å². The smallest absolute Gasteiger partial charge is 0.338 e. The number of carbonyl (C=O) groups excluding carboxylic acids is 2. The molecule has 0 N–H and O–H groups in total. The summed E-state index contributed by atoms with van der Waals surface area (Å²) in [5, 5.41) is 0. The maximum absolute atomic E-state index is 11.5. The van der Waals surface area contributed by atoms with Gasteiger partial charge in [0.05, 0.1) is 18.8 Å². The van der Waals surface area contributed by atoms with Crippen LogP contribution in [-0.2, 0) is 20.7 Å². The molecule has 0 spiro atoms. The van der Waals surface area contributed by atoms with Crippen LogP contribution in [0, 0.1) is 0 Å². The molecule has 0 amide bonds. The van der Waals surface area contributed by atoms with Gasteiger partial charge in [-0.15, -0.1) is 0 Å². The van der Waals surface area contributed by atoms with Crippen LogP contribution in [0.4, 0.5) is 0 Å². The molecule has 4 nitrogen and oxygen atoms in total. The van der Waals surface area contributed by atoms with Gasteiger partial charge in [-0.25, -0.2) is 4.79 Å². The molecule has 1 aromatic carbocycles. The van der Waals surface area contributed by atoms with Crippen molar-refractivity contribution in [1.29, 1.82) is 0 Å². The summed E-state index contributed by atoms with van der Waals surface area (Å²) in [6.45, 7) is 3.20. The van der Waals surface area contributed by atoms with Gasteiger partial charge in [-0.05, 0) is 43.9 Å². The first kappa shape index (κ1) is 16.2. The number of rotatable bonds is 10. The predicted molar refractivity (Wildman–Crippen MR) is 76.6 cm³/mol. The van der Waals surface area contributed by atoms with E-state index in [1.165, 1.54) is 5.56 Å². The Kier molecular flexibility index (Phi) is 8.11. The number of benzene rings is 1. The van der Waals surface area contributed by atoms with Gasteiger partial charge in [0, 0.05) is 0 Å². The summed E-state index contributed by atoms with van der Waals surface area (Å²) >= 11 is 0. The number of carbonyl (C=O) groups is 2. The highest BCUT2D eigenvalue weighted by Gasteiger charge is 2.05. The molecule has 0 atom stereocenters. The van der Waals surface area contributed by atoms with Crippen molar-refractivity contribution in [3.05, 3.63) is 35.4 Å². The number of hydrogen-bond acceptors (Lipinski definition) is 4. The lowest BCUT2D eigenvalue weighted by atomic mass is 10.0. The molecule has 0 bridgehead atoms. The average molecular weight is 278 g/mol. The first-order valence-corrected chi connectivity index (χ1v) is 7.09. The Labute approximate surface area is 120 Å². The molecule has 0 unspecified atom stereocenters. The van der Waals surface area contributed by atoms with Crippen molar-refractivity contribution in [2.45, 2.75) is 39.0 Å². The Bertz CT molecular complexity index is 397. The van der Waals surface area contributed by atoms with Gasteiger partial charge in [-0.3, -0.25) is 4.79 Å². The summed E-state index contributed by atoms with van der Waals surface area (Å²) in [7, 11) is 0. The fraction of sp³-hybridized carbons (Fsp3) is 0.500. The summed E-state index contributed by atoms with van der Waals surface area (Å²) in [5.41, 5.74) is 1.82. The van der Waals surface area contributed by atoms with E-state index in [1.54, 1.807) is 6.92 Å². The molecule has 0 saturated heterocycles. The van der Waals surface area contributed by atoms with Crippen molar-refractivity contribution < 1.29 is 19.1 Å². The number of ether oxygens (including phenoxy) is 2. The Balaban J connectivity index is 2.21. The van der Waals surface area contributed by atoms with E-state index in [-0.39, 0.29) is 5.97 Å². The minimum atomic E-state index is -0.269. The van der Waals surface area contributed by atoms with Gasteiger partial charge in [0.25, 0.3) is 6.47 Å². The van der Waals surface area contributed by atoms with E-state index < -0.39 is 0 Å². The van der Waals surface area contributed by atoms with E-state index in [1.807, 2.05) is 24.3 Å². The SMILES string of the molecule is CCOC(=O)c1ccc(CCCCCCOC=O)cc1. The van der Waals surface area contributed by atoms with Crippen LogP contribution >= 0.6 is 0 Å². The Morgan fingerprint density at radius 3 is 2.45 bits per heavy atom. The maximum Gasteiger partial charge on any atom is 0.338 e. The van der Waals surface area contributed by atoms with Crippen molar-refractivity contribution in [2.75, 3.05) is 13.2 Å². The molecule has 1 aromatic rings. The topological polar surface area (TPSA) is 52.6 Å². The normalized spacial score (nSPS) is 10.1. The number of unbranched alkanes of at least 4 members (excludes halogenated alkanes) is 3. The fourth-order valence-corrected chi connectivity index (χ4v) is 1.94. The zero-order valence-electron chi connectivity index (χ0n) is 12.0. The molecular weight excluding hydrogens is 256 g/mol. The number of hydrogen-bond donors (Lipinski definition) is 0. The van der Waals surface area contributed by atoms with Crippen molar-refractivity contribution >= 4 is 12.4 Å². The van der Waals surface area contributed by atoms with Crippen molar-refractivity contribution in [3.63, 3.8) is 0 Å². The highest BCUT2D eigenvalue weighted by atomic mass is 16.5. The first-order chi connectivity index (χ1) is 9.77. The van der Waals surface area contributed by atoms with Crippen LogP contribution in [0.3, 0.4) is 0 Å². The van der Waals surface area contributed by atoms with Crippen molar-refractivity contribution in [1.82, 2.24) is 0 Å². The molecule has 20 heavy (non-hydrogen) atoms. The second-order valence-electron chi connectivity index (χ2n) is 4.55. The Morgan fingerprint density at radius 1 is 1.10 bits per heavy atom. The van der Waals surface area contributed by atoms with Crippen LogP contribution in [0.1, 0.15) is 48.5 Å². The molecule has 0 saturated carbocycles. The van der Waals surface area contributed by atoms with Gasteiger partial charge in [0.1, 0.15) is 0 Å². The molecule has 0 aromatic heterocycles. The molecule has 0 aliphatic carbocycles. The summed E-state index contributed by atoms with van der Waals surface area (Å²) in [4.78, 5) is 21.4. The number of esters is 1. The van der Waals surface area contributed by atoms with Crippen LogP contribution in [-0.4, -0.2) is 25.7 Å². The van der Waals surface area contributed by atoms with E-state index in [4.69, 9.17) is 4.74 Å². The molecular formula is C16H22O4. The third-order valence-corrected chi connectivity index (χ3v) is 3.01. The monoisotopic (exact) mass is 278 g/mol. The number of aryl methyl sites for hydroxylation is 1. The van der Waals surface area contributed by atoms with E-state index in [2.05, 4.69) is 4.74 Å².